The van der Waals surface area contributed by atoms with Crippen LogP contribution in [0.2, 0.25) is 0 Å². The van der Waals surface area contributed by atoms with Gasteiger partial charge in [-0.3, -0.25) is 0 Å². The van der Waals surface area contributed by atoms with Gasteiger partial charge in [0.1, 0.15) is 11.3 Å². The lowest BCUT2D eigenvalue weighted by Gasteiger charge is -2.09. The number of nitrogens with zero attached hydrogens (tertiary/aromatic N) is 3. The fourth-order valence-electron chi connectivity index (χ4n) is 2.44. The molecule has 0 saturated heterocycles. The summed E-state index contributed by atoms with van der Waals surface area (Å²) in [6.07, 6.45) is 7.18. The number of rotatable bonds is 5. The number of pyridine rings is 1. The molecule has 1 aliphatic rings. The molecule has 18 heavy (non-hydrogen) atoms. The van der Waals surface area contributed by atoms with Crippen LogP contribution in [0.3, 0.4) is 0 Å². The standard InChI is InChI=1S/C14H18ClN3/c1-10(15)13-17-12-5-2-8-16-14(12)18(13)9-3-4-11-6-7-11/h2,5,8,10-11H,3-4,6-7,9H2,1H3. The van der Waals surface area contributed by atoms with Crippen molar-refractivity contribution in [3.05, 3.63) is 24.2 Å². The second kappa shape index (κ2) is 4.88. The zero-order chi connectivity index (χ0) is 12.5. The Hall–Kier alpha value is -1.09. The van der Waals surface area contributed by atoms with Crippen LogP contribution in [-0.2, 0) is 6.54 Å². The highest BCUT2D eigenvalue weighted by atomic mass is 35.5. The second-order valence-electron chi connectivity index (χ2n) is 5.17. The van der Waals surface area contributed by atoms with Gasteiger partial charge in [0.25, 0.3) is 0 Å². The third-order valence-corrected chi connectivity index (χ3v) is 3.78. The first kappa shape index (κ1) is 12.0. The number of imidazole rings is 1. The Bertz CT molecular complexity index is 543. The largest absolute Gasteiger partial charge is 0.311 e. The Morgan fingerprint density at radius 3 is 3.06 bits per heavy atom. The molecule has 96 valence electrons. The molecule has 2 aromatic rings. The fraction of sp³-hybridized carbons (Fsp3) is 0.571. The smallest absolute Gasteiger partial charge is 0.160 e. The maximum Gasteiger partial charge on any atom is 0.160 e. The van der Waals surface area contributed by atoms with Crippen LogP contribution in [0.15, 0.2) is 18.3 Å². The SMILES string of the molecule is CC(Cl)c1nc2cccnc2n1CCCC1CC1. The molecule has 2 heterocycles. The number of alkyl halides is 1. The van der Waals surface area contributed by atoms with Gasteiger partial charge in [0.05, 0.1) is 5.38 Å². The van der Waals surface area contributed by atoms with E-state index in [0.717, 1.165) is 29.5 Å². The Balaban J connectivity index is 1.87. The van der Waals surface area contributed by atoms with E-state index in [1.54, 1.807) is 0 Å². The molecule has 0 radical (unpaired) electrons. The van der Waals surface area contributed by atoms with Gasteiger partial charge in [0.15, 0.2) is 5.65 Å². The summed E-state index contributed by atoms with van der Waals surface area (Å²) in [5, 5.41) is -0.0693. The average molecular weight is 264 g/mol. The van der Waals surface area contributed by atoms with Crippen molar-refractivity contribution >= 4 is 22.8 Å². The Kier molecular flexibility index (Phi) is 3.25. The quantitative estimate of drug-likeness (QED) is 0.766. The molecule has 0 aromatic carbocycles. The molecule has 0 aliphatic heterocycles. The van der Waals surface area contributed by atoms with E-state index in [-0.39, 0.29) is 5.38 Å². The van der Waals surface area contributed by atoms with Crippen molar-refractivity contribution < 1.29 is 0 Å². The van der Waals surface area contributed by atoms with Gasteiger partial charge >= 0.3 is 0 Å². The van der Waals surface area contributed by atoms with Gasteiger partial charge in [-0.05, 0) is 37.8 Å². The third-order valence-electron chi connectivity index (χ3n) is 3.58. The third kappa shape index (κ3) is 2.37. The molecule has 3 nitrogen and oxygen atoms in total. The molecule has 1 fully saturated rings. The summed E-state index contributed by atoms with van der Waals surface area (Å²) in [5.41, 5.74) is 1.92. The average Bonchev–Trinajstić information content (AvgIpc) is 3.10. The predicted octanol–water partition coefficient (Wildman–Crippen LogP) is 3.92. The second-order valence-corrected chi connectivity index (χ2v) is 5.82. The Morgan fingerprint density at radius 2 is 2.33 bits per heavy atom. The molecule has 1 atom stereocenters. The van der Waals surface area contributed by atoms with Gasteiger partial charge in [-0.15, -0.1) is 11.6 Å². The highest BCUT2D eigenvalue weighted by molar-refractivity contribution is 6.20. The van der Waals surface area contributed by atoms with Crippen LogP contribution in [0.5, 0.6) is 0 Å². The van der Waals surface area contributed by atoms with E-state index in [4.69, 9.17) is 11.6 Å². The lowest BCUT2D eigenvalue weighted by atomic mass is 10.2. The van der Waals surface area contributed by atoms with Gasteiger partial charge in [-0.2, -0.15) is 0 Å². The van der Waals surface area contributed by atoms with Gasteiger partial charge < -0.3 is 4.57 Å². The molecule has 1 saturated carbocycles. The minimum Gasteiger partial charge on any atom is -0.311 e. The van der Waals surface area contributed by atoms with Crippen LogP contribution < -0.4 is 0 Å². The summed E-state index contributed by atoms with van der Waals surface area (Å²) >= 11 is 6.22. The van der Waals surface area contributed by atoms with Crippen molar-refractivity contribution in [3.8, 4) is 0 Å². The van der Waals surface area contributed by atoms with Gasteiger partial charge in [0.2, 0.25) is 0 Å². The topological polar surface area (TPSA) is 30.7 Å². The normalized spacial score (nSPS) is 17.2. The number of halogens is 1. The first-order valence-electron chi connectivity index (χ1n) is 6.71. The van der Waals surface area contributed by atoms with E-state index < -0.39 is 0 Å². The van der Waals surface area contributed by atoms with E-state index in [9.17, 15) is 0 Å². The number of fused-ring (bicyclic) bond motifs is 1. The first-order chi connectivity index (χ1) is 8.75. The molecule has 0 N–H and O–H groups in total. The zero-order valence-corrected chi connectivity index (χ0v) is 11.4. The van der Waals surface area contributed by atoms with Crippen LogP contribution in [0, 0.1) is 5.92 Å². The zero-order valence-electron chi connectivity index (χ0n) is 10.6. The fourth-order valence-corrected chi connectivity index (χ4v) is 2.61. The van der Waals surface area contributed by atoms with Crippen molar-refractivity contribution in [3.63, 3.8) is 0 Å². The summed E-state index contributed by atoms with van der Waals surface area (Å²) in [6.45, 7) is 2.95. The summed E-state index contributed by atoms with van der Waals surface area (Å²) in [5.74, 6) is 1.92. The van der Waals surface area contributed by atoms with Crippen LogP contribution >= 0.6 is 11.6 Å². The summed E-state index contributed by atoms with van der Waals surface area (Å²) in [6, 6.07) is 3.93. The van der Waals surface area contributed by atoms with Gasteiger partial charge in [0, 0.05) is 12.7 Å². The molecule has 0 bridgehead atoms. The number of aryl methyl sites for hydroxylation is 1. The van der Waals surface area contributed by atoms with Crippen LogP contribution in [0.4, 0.5) is 0 Å². The number of aromatic nitrogens is 3. The van der Waals surface area contributed by atoms with E-state index in [2.05, 4.69) is 14.5 Å². The highest BCUT2D eigenvalue weighted by Crippen LogP contribution is 2.34. The maximum atomic E-state index is 6.22. The van der Waals surface area contributed by atoms with Crippen LogP contribution in [0.1, 0.15) is 43.8 Å². The highest BCUT2D eigenvalue weighted by Gasteiger charge is 2.21. The van der Waals surface area contributed by atoms with Gasteiger partial charge in [-0.25, -0.2) is 9.97 Å². The predicted molar refractivity (Wildman–Crippen MR) is 73.8 cm³/mol. The van der Waals surface area contributed by atoms with Crippen molar-refractivity contribution in [1.82, 2.24) is 14.5 Å². The van der Waals surface area contributed by atoms with Crippen molar-refractivity contribution in [2.75, 3.05) is 0 Å². The van der Waals surface area contributed by atoms with Crippen molar-refractivity contribution in [2.45, 2.75) is 44.5 Å². The summed E-state index contributed by atoms with van der Waals surface area (Å²) in [7, 11) is 0. The van der Waals surface area contributed by atoms with E-state index in [1.807, 2.05) is 25.3 Å². The molecule has 1 aliphatic carbocycles. The van der Waals surface area contributed by atoms with Gasteiger partial charge in [-0.1, -0.05) is 12.8 Å². The number of hydrogen-bond donors (Lipinski definition) is 0. The Morgan fingerprint density at radius 1 is 1.50 bits per heavy atom. The van der Waals surface area contributed by atoms with E-state index in [1.165, 1.54) is 25.7 Å². The molecule has 0 spiro atoms. The molecule has 0 amide bonds. The lowest BCUT2D eigenvalue weighted by molar-refractivity contribution is 0.567. The maximum absolute atomic E-state index is 6.22. The summed E-state index contributed by atoms with van der Waals surface area (Å²) < 4.78 is 2.19. The molecular weight excluding hydrogens is 246 g/mol. The molecule has 2 aromatic heterocycles. The lowest BCUT2D eigenvalue weighted by Crippen LogP contribution is -2.05. The van der Waals surface area contributed by atoms with E-state index >= 15 is 0 Å². The van der Waals surface area contributed by atoms with Crippen molar-refractivity contribution in [2.24, 2.45) is 5.92 Å². The van der Waals surface area contributed by atoms with E-state index in [0.29, 0.717) is 0 Å². The summed E-state index contributed by atoms with van der Waals surface area (Å²) in [4.78, 5) is 9.03. The minimum atomic E-state index is -0.0693. The minimum absolute atomic E-state index is 0.0693. The monoisotopic (exact) mass is 263 g/mol. The molecule has 3 rings (SSSR count). The van der Waals surface area contributed by atoms with Crippen LogP contribution in [0.25, 0.3) is 11.2 Å². The molecular formula is C14H18ClN3. The Labute approximate surface area is 112 Å². The van der Waals surface area contributed by atoms with Crippen molar-refractivity contribution in [1.29, 1.82) is 0 Å². The number of hydrogen-bond acceptors (Lipinski definition) is 2. The van der Waals surface area contributed by atoms with Crippen LogP contribution in [-0.4, -0.2) is 14.5 Å². The molecule has 4 heteroatoms. The molecule has 1 unspecified atom stereocenters. The first-order valence-corrected chi connectivity index (χ1v) is 7.14.